The lowest BCUT2D eigenvalue weighted by Crippen LogP contribution is -2.45. The van der Waals surface area contributed by atoms with Gasteiger partial charge in [0.05, 0.1) is 19.1 Å². The van der Waals surface area contributed by atoms with Crippen molar-refractivity contribution < 1.29 is 14.7 Å². The molecule has 0 radical (unpaired) electrons. The smallest absolute Gasteiger partial charge is 0.317 e. The molecule has 0 aliphatic heterocycles. The average molecular weight is 354 g/mol. The lowest BCUT2D eigenvalue weighted by Gasteiger charge is -2.32. The maximum Gasteiger partial charge on any atom is 0.317 e. The Morgan fingerprint density at radius 1 is 0.885 bits per heavy atom. The van der Waals surface area contributed by atoms with Crippen LogP contribution in [-0.4, -0.2) is 53.0 Å². The summed E-state index contributed by atoms with van der Waals surface area (Å²) in [6.45, 7) is 3.69. The van der Waals surface area contributed by atoms with Gasteiger partial charge in [-0.3, -0.25) is 14.5 Å². The van der Waals surface area contributed by atoms with Crippen molar-refractivity contribution in [2.45, 2.75) is 25.9 Å². The lowest BCUT2D eigenvalue weighted by molar-refractivity contribution is -0.140. The summed E-state index contributed by atoms with van der Waals surface area (Å²) in [6.07, 6.45) is 0. The van der Waals surface area contributed by atoms with Gasteiger partial charge in [0.1, 0.15) is 0 Å². The Morgan fingerprint density at radius 3 is 1.73 bits per heavy atom. The molecular formula is C21H26N2O3. The van der Waals surface area contributed by atoms with Crippen molar-refractivity contribution in [3.05, 3.63) is 71.8 Å². The van der Waals surface area contributed by atoms with Crippen molar-refractivity contribution in [2.24, 2.45) is 0 Å². The van der Waals surface area contributed by atoms with Crippen LogP contribution < -0.4 is 0 Å². The van der Waals surface area contributed by atoms with Crippen LogP contribution in [-0.2, 0) is 9.59 Å². The number of benzene rings is 2. The van der Waals surface area contributed by atoms with Gasteiger partial charge < -0.3 is 10.0 Å². The van der Waals surface area contributed by atoms with Crippen molar-refractivity contribution in [3.8, 4) is 0 Å². The monoisotopic (exact) mass is 354 g/mol. The Morgan fingerprint density at radius 2 is 1.35 bits per heavy atom. The highest BCUT2D eigenvalue weighted by atomic mass is 16.4. The number of hydrogen-bond acceptors (Lipinski definition) is 3. The van der Waals surface area contributed by atoms with Crippen LogP contribution in [0.2, 0.25) is 0 Å². The standard InChI is InChI=1S/C21H26N2O3/c1-16(2)23(15-20(25)26)14-19(24)22(3)21(17-10-6-4-7-11-17)18-12-8-5-9-13-18/h4-13,16,21H,14-15H2,1-3H3,(H,25,26). The van der Waals surface area contributed by atoms with Crippen LogP contribution in [0.4, 0.5) is 0 Å². The minimum absolute atomic E-state index is 0.0321. The SMILES string of the molecule is CC(C)N(CC(=O)O)CC(=O)N(C)C(c1ccccc1)c1ccccc1. The molecule has 0 saturated carbocycles. The normalized spacial score (nSPS) is 11.2. The quantitative estimate of drug-likeness (QED) is 0.792. The topological polar surface area (TPSA) is 60.9 Å². The summed E-state index contributed by atoms with van der Waals surface area (Å²) in [4.78, 5) is 27.4. The van der Waals surface area contributed by atoms with Gasteiger partial charge in [-0.15, -0.1) is 0 Å². The summed E-state index contributed by atoms with van der Waals surface area (Å²) in [5.74, 6) is -1.05. The lowest BCUT2D eigenvalue weighted by atomic mass is 9.97. The summed E-state index contributed by atoms with van der Waals surface area (Å²) >= 11 is 0. The van der Waals surface area contributed by atoms with Crippen LogP contribution >= 0.6 is 0 Å². The Kier molecular flexibility index (Phi) is 6.92. The molecule has 0 spiro atoms. The third-order valence-corrected chi connectivity index (χ3v) is 4.42. The molecule has 1 amide bonds. The second-order valence-electron chi connectivity index (χ2n) is 6.62. The molecule has 2 aromatic carbocycles. The molecule has 0 saturated heterocycles. The first kappa shape index (κ1) is 19.7. The van der Waals surface area contributed by atoms with Gasteiger partial charge in [0.15, 0.2) is 0 Å². The second-order valence-corrected chi connectivity index (χ2v) is 6.62. The molecule has 138 valence electrons. The Balaban J connectivity index is 2.27. The van der Waals surface area contributed by atoms with Crippen LogP contribution in [0.25, 0.3) is 0 Å². The van der Waals surface area contributed by atoms with Gasteiger partial charge in [0.25, 0.3) is 0 Å². The molecule has 2 aromatic rings. The summed E-state index contributed by atoms with van der Waals surface area (Å²) < 4.78 is 0. The molecule has 0 aliphatic carbocycles. The number of amides is 1. The number of likely N-dealkylation sites (N-methyl/N-ethyl adjacent to an activating group) is 1. The molecule has 2 rings (SSSR count). The van der Waals surface area contributed by atoms with Crippen molar-refractivity contribution in [1.82, 2.24) is 9.80 Å². The zero-order valence-corrected chi connectivity index (χ0v) is 15.5. The van der Waals surface area contributed by atoms with Gasteiger partial charge >= 0.3 is 5.97 Å². The van der Waals surface area contributed by atoms with Crippen molar-refractivity contribution in [2.75, 3.05) is 20.1 Å². The largest absolute Gasteiger partial charge is 0.480 e. The van der Waals surface area contributed by atoms with E-state index in [4.69, 9.17) is 5.11 Å². The van der Waals surface area contributed by atoms with Gasteiger partial charge in [-0.1, -0.05) is 60.7 Å². The van der Waals surface area contributed by atoms with Gasteiger partial charge in [-0.25, -0.2) is 0 Å². The Hall–Kier alpha value is -2.66. The fraction of sp³-hybridized carbons (Fsp3) is 0.333. The first-order valence-electron chi connectivity index (χ1n) is 8.71. The molecule has 26 heavy (non-hydrogen) atoms. The van der Waals surface area contributed by atoms with E-state index in [1.54, 1.807) is 16.8 Å². The van der Waals surface area contributed by atoms with Crippen LogP contribution in [0.5, 0.6) is 0 Å². The molecule has 5 nitrogen and oxygen atoms in total. The molecule has 0 unspecified atom stereocenters. The molecular weight excluding hydrogens is 328 g/mol. The molecule has 0 heterocycles. The molecule has 0 bridgehead atoms. The molecule has 0 aromatic heterocycles. The van der Waals surface area contributed by atoms with E-state index in [0.29, 0.717) is 0 Å². The fourth-order valence-corrected chi connectivity index (χ4v) is 2.93. The van der Waals surface area contributed by atoms with Gasteiger partial charge in [-0.05, 0) is 25.0 Å². The maximum absolute atomic E-state index is 12.9. The van der Waals surface area contributed by atoms with Crippen molar-refractivity contribution in [1.29, 1.82) is 0 Å². The van der Waals surface area contributed by atoms with E-state index in [0.717, 1.165) is 11.1 Å². The highest BCUT2D eigenvalue weighted by Gasteiger charge is 2.26. The first-order chi connectivity index (χ1) is 12.4. The van der Waals surface area contributed by atoms with Crippen LogP contribution in [0.15, 0.2) is 60.7 Å². The van der Waals surface area contributed by atoms with E-state index in [2.05, 4.69) is 0 Å². The number of nitrogens with zero attached hydrogens (tertiary/aromatic N) is 2. The summed E-state index contributed by atoms with van der Waals surface area (Å²) in [6, 6.07) is 19.4. The Labute approximate surface area is 154 Å². The number of carboxylic acids is 1. The number of aliphatic carboxylic acids is 1. The molecule has 0 aliphatic rings. The van der Waals surface area contributed by atoms with Crippen LogP contribution in [0.3, 0.4) is 0 Å². The van der Waals surface area contributed by atoms with Gasteiger partial charge in [-0.2, -0.15) is 0 Å². The van der Waals surface area contributed by atoms with Crippen molar-refractivity contribution >= 4 is 11.9 Å². The summed E-state index contributed by atoms with van der Waals surface area (Å²) in [5.41, 5.74) is 2.03. The number of rotatable bonds is 8. The number of carboxylic acid groups (broad SMARTS) is 1. The maximum atomic E-state index is 12.9. The highest BCUT2D eigenvalue weighted by molar-refractivity contribution is 5.80. The van der Waals surface area contributed by atoms with Crippen LogP contribution in [0.1, 0.15) is 31.0 Å². The number of carbonyl (C=O) groups is 2. The third-order valence-electron chi connectivity index (χ3n) is 4.42. The van der Waals surface area contributed by atoms with E-state index < -0.39 is 5.97 Å². The van der Waals surface area contributed by atoms with Crippen LogP contribution in [0, 0.1) is 0 Å². The van der Waals surface area contributed by atoms with Crippen molar-refractivity contribution in [3.63, 3.8) is 0 Å². The number of carbonyl (C=O) groups excluding carboxylic acids is 1. The number of hydrogen-bond donors (Lipinski definition) is 1. The van der Waals surface area contributed by atoms with E-state index in [9.17, 15) is 9.59 Å². The molecule has 0 atom stereocenters. The first-order valence-corrected chi connectivity index (χ1v) is 8.71. The predicted octanol–water partition coefficient (Wildman–Crippen LogP) is 3.03. The van der Waals surface area contributed by atoms with E-state index in [1.165, 1.54) is 0 Å². The third kappa shape index (κ3) is 5.17. The van der Waals surface area contributed by atoms with E-state index in [-0.39, 0.29) is 31.1 Å². The molecule has 0 fully saturated rings. The Bertz CT molecular complexity index is 677. The summed E-state index contributed by atoms with van der Waals surface area (Å²) in [5, 5.41) is 9.08. The average Bonchev–Trinajstić information content (AvgIpc) is 2.62. The minimum atomic E-state index is -0.933. The molecule has 5 heteroatoms. The van der Waals surface area contributed by atoms with E-state index >= 15 is 0 Å². The zero-order valence-electron chi connectivity index (χ0n) is 15.5. The fourth-order valence-electron chi connectivity index (χ4n) is 2.93. The zero-order chi connectivity index (χ0) is 19.1. The molecule has 1 N–H and O–H groups in total. The minimum Gasteiger partial charge on any atom is -0.480 e. The predicted molar refractivity (Wildman–Crippen MR) is 102 cm³/mol. The van der Waals surface area contributed by atoms with Gasteiger partial charge in [0.2, 0.25) is 5.91 Å². The highest BCUT2D eigenvalue weighted by Crippen LogP contribution is 2.27. The summed E-state index contributed by atoms with van der Waals surface area (Å²) in [7, 11) is 1.77. The van der Waals surface area contributed by atoms with Gasteiger partial charge in [0, 0.05) is 13.1 Å². The second kappa shape index (κ2) is 9.15. The van der Waals surface area contributed by atoms with E-state index in [1.807, 2.05) is 74.5 Å².